The van der Waals surface area contributed by atoms with Crippen LogP contribution in [0.5, 0.6) is 0 Å². The first kappa shape index (κ1) is 38.8. The standard InChI is InChI=1S/C31H59O8P/c1-4-6-8-10-12-14-16-18-19-21-23-25-30(32)37-27-29(28-38-40(34,35)36-3)39-31(33)26-24-22-20-17-15-13-11-9-7-5-2/h9,11,29H,4-8,10,12-28H2,1-3H3,(H,34,35)/b11-9-. The maximum Gasteiger partial charge on any atom is 0.472 e. The van der Waals surface area contributed by atoms with Gasteiger partial charge in [0.2, 0.25) is 0 Å². The molecule has 8 nitrogen and oxygen atoms in total. The number of hydrogen-bond donors (Lipinski definition) is 1. The van der Waals surface area contributed by atoms with Crippen molar-refractivity contribution in [3.63, 3.8) is 0 Å². The van der Waals surface area contributed by atoms with E-state index < -0.39 is 26.5 Å². The summed E-state index contributed by atoms with van der Waals surface area (Å²) in [6.07, 6.45) is 25.5. The normalized spacial score (nSPS) is 13.8. The molecule has 0 saturated carbocycles. The predicted octanol–water partition coefficient (Wildman–Crippen LogP) is 8.99. The molecule has 40 heavy (non-hydrogen) atoms. The molecular formula is C31H59O8P. The number of rotatable bonds is 29. The Labute approximate surface area is 244 Å². The average molecular weight is 591 g/mol. The summed E-state index contributed by atoms with van der Waals surface area (Å²) in [5.41, 5.74) is 0. The molecule has 0 aliphatic rings. The molecule has 0 rings (SSSR count). The number of carbonyl (C=O) groups is 2. The van der Waals surface area contributed by atoms with Gasteiger partial charge in [0.1, 0.15) is 6.61 Å². The SMILES string of the molecule is CCC/C=C\CCCCCCCC(=O)OC(COC(=O)CCCCCCCCCCCCC)COP(=O)(O)OC. The minimum atomic E-state index is -4.24. The van der Waals surface area contributed by atoms with Crippen LogP contribution in [-0.2, 0) is 32.7 Å². The molecule has 0 bridgehead atoms. The zero-order valence-corrected chi connectivity index (χ0v) is 26.6. The number of esters is 2. The first-order valence-corrected chi connectivity index (χ1v) is 17.4. The van der Waals surface area contributed by atoms with Crippen LogP contribution in [0.15, 0.2) is 12.2 Å². The van der Waals surface area contributed by atoms with E-state index in [0.29, 0.717) is 12.8 Å². The predicted molar refractivity (Wildman–Crippen MR) is 161 cm³/mol. The van der Waals surface area contributed by atoms with Gasteiger partial charge in [-0.15, -0.1) is 0 Å². The number of carbonyl (C=O) groups excluding carboxylic acids is 2. The number of allylic oxidation sites excluding steroid dienone is 2. The van der Waals surface area contributed by atoms with E-state index in [-0.39, 0.29) is 19.0 Å². The smallest absolute Gasteiger partial charge is 0.462 e. The topological polar surface area (TPSA) is 108 Å². The molecule has 0 aromatic heterocycles. The summed E-state index contributed by atoms with van der Waals surface area (Å²) in [6, 6.07) is 0. The Kier molecular flexibility index (Phi) is 27.1. The van der Waals surface area contributed by atoms with Gasteiger partial charge in [0, 0.05) is 20.0 Å². The molecule has 0 aliphatic heterocycles. The van der Waals surface area contributed by atoms with Crippen LogP contribution in [0.25, 0.3) is 0 Å². The molecule has 0 aromatic rings. The van der Waals surface area contributed by atoms with Crippen molar-refractivity contribution in [1.29, 1.82) is 0 Å². The minimum Gasteiger partial charge on any atom is -0.462 e. The zero-order chi connectivity index (χ0) is 29.7. The number of unbranched alkanes of at least 4 members (excludes halogenated alkanes) is 16. The maximum absolute atomic E-state index is 12.3. The molecule has 0 radical (unpaired) electrons. The first-order chi connectivity index (χ1) is 19.3. The number of hydrogen-bond acceptors (Lipinski definition) is 7. The monoisotopic (exact) mass is 590 g/mol. The number of phosphoric ester groups is 1. The maximum atomic E-state index is 12.3. The highest BCUT2D eigenvalue weighted by Crippen LogP contribution is 2.42. The minimum absolute atomic E-state index is 0.224. The second kappa shape index (κ2) is 27.9. The fourth-order valence-corrected chi connectivity index (χ4v) is 4.71. The Bertz CT molecular complexity index is 682. The van der Waals surface area contributed by atoms with Crippen LogP contribution in [0.4, 0.5) is 0 Å². The molecule has 0 saturated heterocycles. The highest BCUT2D eigenvalue weighted by Gasteiger charge is 2.24. The van der Waals surface area contributed by atoms with E-state index in [2.05, 4.69) is 30.5 Å². The van der Waals surface area contributed by atoms with Crippen molar-refractivity contribution in [3.05, 3.63) is 12.2 Å². The number of ether oxygens (including phenoxy) is 2. The van der Waals surface area contributed by atoms with Crippen molar-refractivity contribution in [3.8, 4) is 0 Å². The Hall–Kier alpha value is -1.21. The largest absolute Gasteiger partial charge is 0.472 e. The molecule has 9 heteroatoms. The molecule has 2 atom stereocenters. The van der Waals surface area contributed by atoms with E-state index in [0.717, 1.165) is 64.9 Å². The zero-order valence-electron chi connectivity index (χ0n) is 25.7. The molecule has 0 heterocycles. The van der Waals surface area contributed by atoms with Crippen LogP contribution in [0.2, 0.25) is 0 Å². The van der Waals surface area contributed by atoms with Gasteiger partial charge in [-0.25, -0.2) is 4.57 Å². The van der Waals surface area contributed by atoms with Crippen LogP contribution >= 0.6 is 7.82 Å². The fraction of sp³-hybridized carbons (Fsp3) is 0.871. The summed E-state index contributed by atoms with van der Waals surface area (Å²) in [4.78, 5) is 34.0. The average Bonchev–Trinajstić information content (AvgIpc) is 2.94. The van der Waals surface area contributed by atoms with Gasteiger partial charge < -0.3 is 14.4 Å². The Morgan fingerprint density at radius 2 is 1.18 bits per heavy atom. The van der Waals surface area contributed by atoms with Crippen molar-refractivity contribution >= 4 is 19.8 Å². The molecule has 0 aromatic carbocycles. The van der Waals surface area contributed by atoms with Crippen molar-refractivity contribution in [1.82, 2.24) is 0 Å². The van der Waals surface area contributed by atoms with Gasteiger partial charge in [-0.3, -0.25) is 18.6 Å². The summed E-state index contributed by atoms with van der Waals surface area (Å²) in [5, 5.41) is 0. The lowest BCUT2D eigenvalue weighted by Gasteiger charge is -2.19. The highest BCUT2D eigenvalue weighted by molar-refractivity contribution is 7.47. The van der Waals surface area contributed by atoms with Gasteiger partial charge in [-0.05, 0) is 32.1 Å². The van der Waals surface area contributed by atoms with Gasteiger partial charge in [0.05, 0.1) is 6.61 Å². The molecule has 2 unspecified atom stereocenters. The lowest BCUT2D eigenvalue weighted by Crippen LogP contribution is -2.29. The quantitative estimate of drug-likeness (QED) is 0.0398. The Morgan fingerprint density at radius 3 is 1.73 bits per heavy atom. The molecule has 0 aliphatic carbocycles. The van der Waals surface area contributed by atoms with Crippen molar-refractivity contribution in [2.75, 3.05) is 20.3 Å². The second-order valence-corrected chi connectivity index (χ2v) is 12.2. The van der Waals surface area contributed by atoms with E-state index in [1.807, 2.05) is 0 Å². The highest BCUT2D eigenvalue weighted by atomic mass is 31.2. The van der Waals surface area contributed by atoms with Gasteiger partial charge in [0.25, 0.3) is 0 Å². The molecule has 0 spiro atoms. The lowest BCUT2D eigenvalue weighted by molar-refractivity contribution is -0.161. The van der Waals surface area contributed by atoms with E-state index in [4.69, 9.17) is 14.0 Å². The fourth-order valence-electron chi connectivity index (χ4n) is 4.25. The third-order valence-corrected chi connectivity index (χ3v) is 7.68. The summed E-state index contributed by atoms with van der Waals surface area (Å²) < 4.78 is 31.6. The Morgan fingerprint density at radius 1 is 0.675 bits per heavy atom. The van der Waals surface area contributed by atoms with Gasteiger partial charge in [-0.2, -0.15) is 0 Å². The summed E-state index contributed by atoms with van der Waals surface area (Å²) in [5.74, 6) is -0.817. The van der Waals surface area contributed by atoms with Crippen molar-refractivity contribution in [2.24, 2.45) is 0 Å². The second-order valence-electron chi connectivity index (χ2n) is 10.6. The van der Waals surface area contributed by atoms with E-state index in [9.17, 15) is 19.0 Å². The lowest BCUT2D eigenvalue weighted by atomic mass is 10.1. The number of phosphoric acid groups is 1. The summed E-state index contributed by atoms with van der Waals surface area (Å²) in [6.45, 7) is 3.78. The van der Waals surface area contributed by atoms with Crippen LogP contribution in [0, 0.1) is 0 Å². The summed E-state index contributed by atoms with van der Waals surface area (Å²) >= 11 is 0. The van der Waals surface area contributed by atoms with Crippen LogP contribution in [0.3, 0.4) is 0 Å². The first-order valence-electron chi connectivity index (χ1n) is 15.9. The van der Waals surface area contributed by atoms with E-state index in [1.165, 1.54) is 57.8 Å². The molecule has 1 N–H and O–H groups in total. The Balaban J connectivity index is 4.15. The molecule has 0 fully saturated rings. The van der Waals surface area contributed by atoms with Crippen LogP contribution in [0.1, 0.15) is 149 Å². The van der Waals surface area contributed by atoms with Crippen LogP contribution < -0.4 is 0 Å². The van der Waals surface area contributed by atoms with Crippen molar-refractivity contribution < 1.29 is 37.6 Å². The molecular weight excluding hydrogens is 531 g/mol. The van der Waals surface area contributed by atoms with Gasteiger partial charge in [0.15, 0.2) is 6.10 Å². The van der Waals surface area contributed by atoms with Crippen molar-refractivity contribution in [2.45, 2.75) is 155 Å². The van der Waals surface area contributed by atoms with Gasteiger partial charge >= 0.3 is 19.8 Å². The molecule has 0 amide bonds. The van der Waals surface area contributed by atoms with E-state index >= 15 is 0 Å². The third-order valence-electron chi connectivity index (χ3n) is 6.74. The molecule has 236 valence electrons. The summed E-state index contributed by atoms with van der Waals surface area (Å²) in [7, 11) is -3.19. The third kappa shape index (κ3) is 27.0. The van der Waals surface area contributed by atoms with E-state index in [1.54, 1.807) is 0 Å². The van der Waals surface area contributed by atoms with Gasteiger partial charge in [-0.1, -0.05) is 116 Å². The van der Waals surface area contributed by atoms with Crippen LogP contribution in [-0.4, -0.2) is 43.3 Å².